The van der Waals surface area contributed by atoms with Crippen molar-refractivity contribution >= 4 is 12.4 Å². The highest BCUT2D eigenvalue weighted by molar-refractivity contribution is 5.85. The monoisotopic (exact) mass is 266 g/mol. The molecule has 1 aromatic carbocycles. The van der Waals surface area contributed by atoms with Crippen LogP contribution in [0, 0.1) is 13.8 Å². The molecule has 2 rings (SSSR count). The van der Waals surface area contributed by atoms with Crippen LogP contribution in [0.3, 0.4) is 0 Å². The molecule has 96 valence electrons. The Bertz CT molecular complexity index is 591. The van der Waals surface area contributed by atoms with Gasteiger partial charge in [-0.25, -0.2) is 4.79 Å². The first-order valence-electron chi connectivity index (χ1n) is 5.33. The second-order valence-electron chi connectivity index (χ2n) is 3.85. The van der Waals surface area contributed by atoms with Crippen LogP contribution in [0.1, 0.15) is 11.4 Å². The van der Waals surface area contributed by atoms with Gasteiger partial charge in [-0.05, 0) is 44.2 Å². The molecule has 0 aliphatic carbocycles. The summed E-state index contributed by atoms with van der Waals surface area (Å²) in [4.78, 5) is 15.8. The predicted octanol–water partition coefficient (Wildman–Crippen LogP) is 2.28. The molecule has 0 saturated carbocycles. The maximum absolute atomic E-state index is 11.8. The minimum Gasteiger partial charge on any atom is -0.497 e. The van der Waals surface area contributed by atoms with E-state index >= 15 is 0 Å². The zero-order valence-corrected chi connectivity index (χ0v) is 11.3. The largest absolute Gasteiger partial charge is 0.497 e. The standard InChI is InChI=1S/C13H14N2O2.ClH/c1-9-8-10(2)15(13(16)14-9)11-4-6-12(17-3)7-5-11;/h4-8H,1-3H3;1H. The SMILES string of the molecule is COc1ccc(-n2c(C)cc(C)nc2=O)cc1.Cl. The second-order valence-corrected chi connectivity index (χ2v) is 3.85. The number of benzene rings is 1. The molecule has 2 aromatic rings. The molecule has 0 fully saturated rings. The Hall–Kier alpha value is -1.81. The van der Waals surface area contributed by atoms with Crippen LogP contribution in [-0.2, 0) is 0 Å². The predicted molar refractivity (Wildman–Crippen MR) is 73.1 cm³/mol. The summed E-state index contributed by atoms with van der Waals surface area (Å²) in [7, 11) is 1.61. The molecule has 0 aliphatic heterocycles. The Morgan fingerprint density at radius 1 is 1.17 bits per heavy atom. The molecule has 18 heavy (non-hydrogen) atoms. The van der Waals surface area contributed by atoms with Crippen molar-refractivity contribution in [2.75, 3.05) is 7.11 Å². The van der Waals surface area contributed by atoms with Crippen LogP contribution in [0.4, 0.5) is 0 Å². The number of hydrogen-bond donors (Lipinski definition) is 0. The van der Waals surface area contributed by atoms with Gasteiger partial charge >= 0.3 is 5.69 Å². The molecule has 1 aromatic heterocycles. The van der Waals surface area contributed by atoms with Crippen molar-refractivity contribution in [3.63, 3.8) is 0 Å². The topological polar surface area (TPSA) is 44.1 Å². The van der Waals surface area contributed by atoms with E-state index in [1.807, 2.05) is 44.2 Å². The van der Waals surface area contributed by atoms with E-state index in [2.05, 4.69) is 4.98 Å². The van der Waals surface area contributed by atoms with Crippen LogP contribution in [-0.4, -0.2) is 16.7 Å². The molecular weight excluding hydrogens is 252 g/mol. The first-order chi connectivity index (χ1) is 8.11. The van der Waals surface area contributed by atoms with Crippen LogP contribution < -0.4 is 10.4 Å². The number of halogens is 1. The second kappa shape index (κ2) is 5.69. The number of methoxy groups -OCH3 is 1. The molecule has 0 unspecified atom stereocenters. The third-order valence-electron chi connectivity index (χ3n) is 2.56. The van der Waals surface area contributed by atoms with E-state index in [0.717, 1.165) is 22.8 Å². The lowest BCUT2D eigenvalue weighted by atomic mass is 10.2. The van der Waals surface area contributed by atoms with Crippen molar-refractivity contribution in [3.8, 4) is 11.4 Å². The highest BCUT2D eigenvalue weighted by Crippen LogP contribution is 2.14. The Labute approximate surface area is 112 Å². The zero-order chi connectivity index (χ0) is 12.4. The Balaban J connectivity index is 0.00000162. The van der Waals surface area contributed by atoms with E-state index in [1.54, 1.807) is 11.7 Å². The summed E-state index contributed by atoms with van der Waals surface area (Å²) < 4.78 is 6.66. The summed E-state index contributed by atoms with van der Waals surface area (Å²) in [6, 6.07) is 9.20. The van der Waals surface area contributed by atoms with Crippen LogP contribution in [0.15, 0.2) is 35.1 Å². The van der Waals surface area contributed by atoms with Crippen LogP contribution in [0.2, 0.25) is 0 Å². The molecule has 0 spiro atoms. The van der Waals surface area contributed by atoms with Crippen LogP contribution >= 0.6 is 12.4 Å². The van der Waals surface area contributed by atoms with E-state index < -0.39 is 0 Å². The third kappa shape index (κ3) is 2.71. The minimum absolute atomic E-state index is 0. The Morgan fingerprint density at radius 2 is 1.78 bits per heavy atom. The molecular formula is C13H15ClN2O2. The highest BCUT2D eigenvalue weighted by atomic mass is 35.5. The van der Waals surface area contributed by atoms with Gasteiger partial charge in [-0.1, -0.05) is 0 Å². The fourth-order valence-corrected chi connectivity index (χ4v) is 1.80. The van der Waals surface area contributed by atoms with Gasteiger partial charge in [0.25, 0.3) is 0 Å². The van der Waals surface area contributed by atoms with Gasteiger partial charge in [0.15, 0.2) is 0 Å². The summed E-state index contributed by atoms with van der Waals surface area (Å²) in [6.07, 6.45) is 0. The summed E-state index contributed by atoms with van der Waals surface area (Å²) >= 11 is 0. The number of rotatable bonds is 2. The first-order valence-corrected chi connectivity index (χ1v) is 5.33. The summed E-state index contributed by atoms with van der Waals surface area (Å²) in [5, 5.41) is 0. The van der Waals surface area contributed by atoms with Gasteiger partial charge in [0.05, 0.1) is 12.8 Å². The van der Waals surface area contributed by atoms with E-state index in [0.29, 0.717) is 0 Å². The average molecular weight is 267 g/mol. The lowest BCUT2D eigenvalue weighted by molar-refractivity contribution is 0.414. The molecule has 0 bridgehead atoms. The molecule has 5 heteroatoms. The fraction of sp³-hybridized carbons (Fsp3) is 0.231. The molecule has 0 amide bonds. The van der Waals surface area contributed by atoms with Gasteiger partial charge in [-0.3, -0.25) is 4.57 Å². The van der Waals surface area contributed by atoms with Gasteiger partial charge in [0.2, 0.25) is 0 Å². The normalized spacial score (nSPS) is 9.72. The lowest BCUT2D eigenvalue weighted by Gasteiger charge is -2.10. The van der Waals surface area contributed by atoms with Crippen LogP contribution in [0.5, 0.6) is 5.75 Å². The summed E-state index contributed by atoms with van der Waals surface area (Å²) in [6.45, 7) is 3.70. The van der Waals surface area contributed by atoms with Gasteiger partial charge in [-0.15, -0.1) is 12.4 Å². The highest BCUT2D eigenvalue weighted by Gasteiger charge is 2.05. The zero-order valence-electron chi connectivity index (χ0n) is 10.5. The van der Waals surface area contributed by atoms with Crippen molar-refractivity contribution in [2.45, 2.75) is 13.8 Å². The fourth-order valence-electron chi connectivity index (χ4n) is 1.80. The van der Waals surface area contributed by atoms with E-state index in [9.17, 15) is 4.79 Å². The van der Waals surface area contributed by atoms with Crippen molar-refractivity contribution < 1.29 is 4.74 Å². The van der Waals surface area contributed by atoms with E-state index in [1.165, 1.54) is 0 Å². The van der Waals surface area contributed by atoms with Gasteiger partial charge in [0.1, 0.15) is 5.75 Å². The molecule has 0 saturated heterocycles. The third-order valence-corrected chi connectivity index (χ3v) is 2.56. The maximum atomic E-state index is 11.8. The average Bonchev–Trinajstić information content (AvgIpc) is 2.28. The lowest BCUT2D eigenvalue weighted by Crippen LogP contribution is -2.23. The molecule has 1 heterocycles. The smallest absolute Gasteiger partial charge is 0.352 e. The van der Waals surface area contributed by atoms with Crippen LogP contribution in [0.25, 0.3) is 5.69 Å². The quantitative estimate of drug-likeness (QED) is 0.838. The molecule has 4 nitrogen and oxygen atoms in total. The van der Waals surface area contributed by atoms with Gasteiger partial charge < -0.3 is 4.74 Å². The van der Waals surface area contributed by atoms with E-state index in [4.69, 9.17) is 4.74 Å². The van der Waals surface area contributed by atoms with Crippen molar-refractivity contribution in [3.05, 3.63) is 52.2 Å². The summed E-state index contributed by atoms with van der Waals surface area (Å²) in [5.74, 6) is 0.763. The number of aryl methyl sites for hydroxylation is 2. The van der Waals surface area contributed by atoms with Gasteiger partial charge in [0, 0.05) is 11.4 Å². The number of aromatic nitrogens is 2. The Morgan fingerprint density at radius 3 is 2.28 bits per heavy atom. The molecule has 0 N–H and O–H groups in total. The van der Waals surface area contributed by atoms with Crippen molar-refractivity contribution in [1.29, 1.82) is 0 Å². The van der Waals surface area contributed by atoms with Gasteiger partial charge in [-0.2, -0.15) is 4.98 Å². The minimum atomic E-state index is -0.257. The van der Waals surface area contributed by atoms with Crippen molar-refractivity contribution in [1.82, 2.24) is 9.55 Å². The summed E-state index contributed by atoms with van der Waals surface area (Å²) in [5.41, 5.74) is 2.14. The number of nitrogens with zero attached hydrogens (tertiary/aromatic N) is 2. The first kappa shape index (κ1) is 14.3. The molecule has 0 atom stereocenters. The molecule has 0 aliphatic rings. The maximum Gasteiger partial charge on any atom is 0.352 e. The Kier molecular flexibility index (Phi) is 4.50. The number of ether oxygens (including phenoxy) is 1. The van der Waals surface area contributed by atoms with E-state index in [-0.39, 0.29) is 18.1 Å². The molecule has 0 radical (unpaired) electrons. The number of hydrogen-bond acceptors (Lipinski definition) is 3. The van der Waals surface area contributed by atoms with Crippen molar-refractivity contribution in [2.24, 2.45) is 0 Å².